The normalized spacial score (nSPS) is 14.3. The highest BCUT2D eigenvalue weighted by Gasteiger charge is 2.17. The van der Waals surface area contributed by atoms with Crippen molar-refractivity contribution < 1.29 is 0 Å². The lowest BCUT2D eigenvalue weighted by Crippen LogP contribution is -2.20. The van der Waals surface area contributed by atoms with Gasteiger partial charge in [-0.3, -0.25) is 15.1 Å². The number of H-pyrrole nitrogens is 2. The van der Waals surface area contributed by atoms with E-state index >= 15 is 0 Å². The lowest BCUT2D eigenvalue weighted by Gasteiger charge is -2.11. The molecule has 0 unspecified atom stereocenters. The Morgan fingerprint density at radius 1 is 0.946 bits per heavy atom. The SMILES string of the molecule is c1cc2[nH]c(-c3n[nH]c4ccc(-c5cncc(CNCC6CCCC6)c5)cc34)nc2c(-c2ccsc2)n1. The van der Waals surface area contributed by atoms with Crippen LogP contribution in [0, 0.1) is 5.92 Å². The minimum atomic E-state index is 0.728. The monoisotopic (exact) mass is 505 g/mol. The second-order valence-electron chi connectivity index (χ2n) is 9.85. The molecule has 5 aromatic heterocycles. The van der Waals surface area contributed by atoms with Gasteiger partial charge in [0.2, 0.25) is 0 Å². The van der Waals surface area contributed by atoms with E-state index in [1.165, 1.54) is 31.2 Å². The first-order valence-corrected chi connectivity index (χ1v) is 13.8. The van der Waals surface area contributed by atoms with Crippen LogP contribution in [0.15, 0.2) is 65.7 Å². The van der Waals surface area contributed by atoms with Gasteiger partial charge in [0.05, 0.1) is 16.7 Å². The third kappa shape index (κ3) is 4.32. The fraction of sp³-hybridized carbons (Fsp3) is 0.241. The third-order valence-electron chi connectivity index (χ3n) is 7.35. The number of hydrogen-bond donors (Lipinski definition) is 3. The molecule has 0 bridgehead atoms. The van der Waals surface area contributed by atoms with Crippen LogP contribution in [-0.4, -0.2) is 36.7 Å². The molecule has 1 fully saturated rings. The van der Waals surface area contributed by atoms with E-state index in [0.29, 0.717) is 0 Å². The molecule has 0 amide bonds. The number of benzene rings is 1. The van der Waals surface area contributed by atoms with Crippen molar-refractivity contribution in [1.29, 1.82) is 0 Å². The molecular formula is C29H27N7S. The van der Waals surface area contributed by atoms with Crippen molar-refractivity contribution in [3.8, 4) is 33.9 Å². The van der Waals surface area contributed by atoms with Crippen LogP contribution in [0.3, 0.4) is 0 Å². The Labute approximate surface area is 218 Å². The second-order valence-corrected chi connectivity index (χ2v) is 10.6. The minimum absolute atomic E-state index is 0.728. The molecule has 0 aliphatic heterocycles. The molecule has 1 aliphatic carbocycles. The molecule has 37 heavy (non-hydrogen) atoms. The Bertz CT molecular complexity index is 1680. The van der Waals surface area contributed by atoms with Gasteiger partial charge in [0, 0.05) is 47.0 Å². The summed E-state index contributed by atoms with van der Waals surface area (Å²) in [5.74, 6) is 1.55. The van der Waals surface area contributed by atoms with Crippen LogP contribution in [-0.2, 0) is 6.54 Å². The first-order chi connectivity index (χ1) is 18.3. The fourth-order valence-corrected chi connectivity index (χ4v) is 6.05. The summed E-state index contributed by atoms with van der Waals surface area (Å²) < 4.78 is 0. The van der Waals surface area contributed by atoms with Gasteiger partial charge in [-0.25, -0.2) is 4.98 Å². The van der Waals surface area contributed by atoms with E-state index in [1.807, 2.05) is 24.7 Å². The van der Waals surface area contributed by atoms with E-state index in [4.69, 9.17) is 4.98 Å². The third-order valence-corrected chi connectivity index (χ3v) is 8.03. The van der Waals surface area contributed by atoms with Gasteiger partial charge in [0.25, 0.3) is 0 Å². The fourth-order valence-electron chi connectivity index (χ4n) is 5.41. The number of fused-ring (bicyclic) bond motifs is 2. The summed E-state index contributed by atoms with van der Waals surface area (Å²) >= 11 is 1.66. The maximum Gasteiger partial charge on any atom is 0.159 e. The zero-order valence-electron chi connectivity index (χ0n) is 20.4. The molecule has 7 rings (SSSR count). The maximum atomic E-state index is 4.93. The molecule has 5 heterocycles. The Morgan fingerprint density at radius 3 is 2.78 bits per heavy atom. The first-order valence-electron chi connectivity index (χ1n) is 12.8. The second kappa shape index (κ2) is 9.53. The number of aromatic amines is 2. The topological polar surface area (TPSA) is 95.2 Å². The van der Waals surface area contributed by atoms with Crippen LogP contribution in [0.4, 0.5) is 0 Å². The van der Waals surface area contributed by atoms with Gasteiger partial charge < -0.3 is 10.3 Å². The van der Waals surface area contributed by atoms with Crippen molar-refractivity contribution in [2.75, 3.05) is 6.54 Å². The number of imidazole rings is 1. The van der Waals surface area contributed by atoms with Gasteiger partial charge in [0.1, 0.15) is 11.2 Å². The molecule has 1 saturated carbocycles. The standard InChI is InChI=1S/C29H27N7S/c1-2-4-18(3-1)13-30-14-19-11-22(16-31-15-19)20-5-6-24-23(12-20)27(36-35-24)29-33-25-7-9-32-26(28(25)34-29)21-8-10-37-17-21/h5-12,15-18,30H,1-4,13-14H2,(H,33,34)(H,35,36). The predicted octanol–water partition coefficient (Wildman–Crippen LogP) is 6.57. The summed E-state index contributed by atoms with van der Waals surface area (Å²) in [6.07, 6.45) is 11.2. The lowest BCUT2D eigenvalue weighted by molar-refractivity contribution is 0.489. The smallest absolute Gasteiger partial charge is 0.159 e. The first kappa shape index (κ1) is 22.3. The van der Waals surface area contributed by atoms with Gasteiger partial charge in [-0.15, -0.1) is 0 Å². The van der Waals surface area contributed by atoms with Crippen LogP contribution in [0.2, 0.25) is 0 Å². The summed E-state index contributed by atoms with van der Waals surface area (Å²) in [6, 6.07) is 12.6. The van der Waals surface area contributed by atoms with E-state index in [2.05, 4.69) is 71.6 Å². The number of pyridine rings is 2. The van der Waals surface area contributed by atoms with E-state index in [-0.39, 0.29) is 0 Å². The van der Waals surface area contributed by atoms with E-state index in [9.17, 15) is 0 Å². The summed E-state index contributed by atoms with van der Waals surface area (Å²) in [4.78, 5) is 17.5. The molecule has 8 heteroatoms. The molecule has 0 spiro atoms. The molecule has 184 valence electrons. The van der Waals surface area contributed by atoms with Crippen molar-refractivity contribution in [3.05, 3.63) is 71.3 Å². The summed E-state index contributed by atoms with van der Waals surface area (Å²) in [5, 5.41) is 16.6. The van der Waals surface area contributed by atoms with Gasteiger partial charge in [-0.1, -0.05) is 18.9 Å². The Balaban J connectivity index is 1.20. The average Bonchev–Trinajstić information content (AvgIpc) is 3.74. The van der Waals surface area contributed by atoms with Crippen molar-refractivity contribution in [2.24, 2.45) is 5.92 Å². The van der Waals surface area contributed by atoms with Gasteiger partial charge >= 0.3 is 0 Å². The lowest BCUT2D eigenvalue weighted by atomic mass is 10.0. The number of hydrogen-bond acceptors (Lipinski definition) is 6. The van der Waals surface area contributed by atoms with Crippen molar-refractivity contribution >= 4 is 33.3 Å². The molecule has 0 radical (unpaired) electrons. The summed E-state index contributed by atoms with van der Waals surface area (Å²) in [7, 11) is 0. The van der Waals surface area contributed by atoms with Gasteiger partial charge in [0.15, 0.2) is 5.82 Å². The van der Waals surface area contributed by atoms with E-state index in [0.717, 1.165) is 74.8 Å². The number of thiophene rings is 1. The zero-order valence-corrected chi connectivity index (χ0v) is 21.2. The van der Waals surface area contributed by atoms with Crippen LogP contribution in [0.5, 0.6) is 0 Å². The predicted molar refractivity (Wildman–Crippen MR) is 149 cm³/mol. The van der Waals surface area contributed by atoms with E-state index in [1.54, 1.807) is 11.3 Å². The highest BCUT2D eigenvalue weighted by atomic mass is 32.1. The van der Waals surface area contributed by atoms with Crippen LogP contribution in [0.25, 0.3) is 55.8 Å². The molecule has 1 aromatic carbocycles. The number of nitrogens with one attached hydrogen (secondary N) is 3. The van der Waals surface area contributed by atoms with E-state index < -0.39 is 0 Å². The number of nitrogens with zero attached hydrogens (tertiary/aromatic N) is 4. The van der Waals surface area contributed by atoms with Crippen molar-refractivity contribution in [1.82, 2.24) is 35.5 Å². The van der Waals surface area contributed by atoms with Crippen molar-refractivity contribution in [3.63, 3.8) is 0 Å². The number of rotatable bonds is 7. The number of aromatic nitrogens is 6. The van der Waals surface area contributed by atoms with Crippen molar-refractivity contribution in [2.45, 2.75) is 32.2 Å². The Kier molecular flexibility index (Phi) is 5.75. The van der Waals surface area contributed by atoms with Crippen LogP contribution >= 0.6 is 11.3 Å². The quantitative estimate of drug-likeness (QED) is 0.228. The highest BCUT2D eigenvalue weighted by molar-refractivity contribution is 7.08. The highest BCUT2D eigenvalue weighted by Crippen LogP contribution is 2.33. The molecule has 1 aliphatic rings. The maximum absolute atomic E-state index is 4.93. The van der Waals surface area contributed by atoms with Crippen LogP contribution < -0.4 is 5.32 Å². The van der Waals surface area contributed by atoms with Crippen LogP contribution in [0.1, 0.15) is 31.2 Å². The molecular weight excluding hydrogens is 478 g/mol. The minimum Gasteiger partial charge on any atom is -0.336 e. The molecule has 0 atom stereocenters. The molecule has 6 aromatic rings. The summed E-state index contributed by atoms with van der Waals surface area (Å²) in [5.41, 5.74) is 8.93. The Morgan fingerprint density at radius 2 is 1.89 bits per heavy atom. The molecule has 3 N–H and O–H groups in total. The van der Waals surface area contributed by atoms with Gasteiger partial charge in [-0.05, 0) is 72.1 Å². The zero-order chi connectivity index (χ0) is 24.6. The summed E-state index contributed by atoms with van der Waals surface area (Å²) in [6.45, 7) is 1.94. The largest absolute Gasteiger partial charge is 0.336 e. The Hall–Kier alpha value is -3.88. The average molecular weight is 506 g/mol. The molecule has 0 saturated heterocycles. The van der Waals surface area contributed by atoms with Gasteiger partial charge in [-0.2, -0.15) is 16.4 Å². The molecule has 7 nitrogen and oxygen atoms in total.